The molecule has 0 radical (unpaired) electrons. The molecule has 0 unspecified atom stereocenters. The van der Waals surface area contributed by atoms with E-state index in [-0.39, 0.29) is 18.2 Å². The van der Waals surface area contributed by atoms with Gasteiger partial charge in [-0.3, -0.25) is 4.98 Å². The van der Waals surface area contributed by atoms with Crippen LogP contribution in [0.15, 0.2) is 43.2 Å². The van der Waals surface area contributed by atoms with E-state index in [1.54, 1.807) is 18.7 Å². The van der Waals surface area contributed by atoms with Crippen molar-refractivity contribution in [2.24, 2.45) is 0 Å². The Morgan fingerprint density at radius 3 is 3.09 bits per heavy atom. The number of hydrogen-bond donors (Lipinski definition) is 2. The van der Waals surface area contributed by atoms with Crippen molar-refractivity contribution in [1.82, 2.24) is 19.9 Å². The van der Waals surface area contributed by atoms with Gasteiger partial charge in [0.15, 0.2) is 6.29 Å². The molecule has 7 nitrogen and oxygen atoms in total. The molecule has 22 heavy (non-hydrogen) atoms. The Labute approximate surface area is 127 Å². The third kappa shape index (κ3) is 2.42. The van der Waals surface area contributed by atoms with Crippen molar-refractivity contribution in [2.45, 2.75) is 37.1 Å². The van der Waals surface area contributed by atoms with Gasteiger partial charge in [0.05, 0.1) is 25.1 Å². The molecule has 2 aromatic rings. The first-order valence-corrected chi connectivity index (χ1v) is 7.38. The summed E-state index contributed by atoms with van der Waals surface area (Å²) in [4.78, 5) is 8.14. The van der Waals surface area contributed by atoms with Crippen LogP contribution in [0.1, 0.15) is 11.6 Å². The van der Waals surface area contributed by atoms with Gasteiger partial charge in [0.25, 0.3) is 0 Å². The van der Waals surface area contributed by atoms with Gasteiger partial charge in [-0.05, 0) is 11.6 Å². The highest BCUT2D eigenvalue weighted by Gasteiger charge is 2.50. The molecule has 0 aliphatic carbocycles. The smallest absolute Gasteiger partial charge is 0.181 e. The molecule has 0 amide bonds. The zero-order chi connectivity index (χ0) is 14.9. The number of ether oxygens (including phenoxy) is 2. The number of fused-ring (bicyclic) bond motifs is 2. The Morgan fingerprint density at radius 2 is 2.32 bits per heavy atom. The molecule has 0 aromatic carbocycles. The number of nitrogens with zero attached hydrogens (tertiary/aromatic N) is 3. The lowest BCUT2D eigenvalue weighted by Gasteiger charge is -2.39. The van der Waals surface area contributed by atoms with Crippen molar-refractivity contribution < 1.29 is 14.6 Å². The summed E-state index contributed by atoms with van der Waals surface area (Å²) in [5.41, 5.74) is 1.06. The lowest BCUT2D eigenvalue weighted by molar-refractivity contribution is -0.165. The summed E-state index contributed by atoms with van der Waals surface area (Å²) in [7, 11) is 0. The summed E-state index contributed by atoms with van der Waals surface area (Å²) in [5, 5.41) is 14.2. The number of rotatable bonds is 4. The van der Waals surface area contributed by atoms with Gasteiger partial charge in [-0.2, -0.15) is 0 Å². The molecule has 0 spiro atoms. The van der Waals surface area contributed by atoms with Crippen LogP contribution in [0.25, 0.3) is 0 Å². The van der Waals surface area contributed by atoms with Crippen molar-refractivity contribution in [3.8, 4) is 0 Å². The van der Waals surface area contributed by atoms with Crippen LogP contribution in [0.4, 0.5) is 0 Å². The second kappa shape index (κ2) is 5.77. The molecule has 0 saturated carbocycles. The molecule has 2 fully saturated rings. The van der Waals surface area contributed by atoms with E-state index in [2.05, 4.69) is 15.3 Å². The Balaban J connectivity index is 1.51. The molecule has 2 N–H and O–H groups in total. The van der Waals surface area contributed by atoms with Crippen molar-refractivity contribution in [2.75, 3.05) is 6.61 Å². The second-order valence-corrected chi connectivity index (χ2v) is 5.64. The Kier molecular flexibility index (Phi) is 3.63. The molecule has 2 saturated heterocycles. The fourth-order valence-corrected chi connectivity index (χ4v) is 3.15. The first kappa shape index (κ1) is 13.8. The molecule has 4 heterocycles. The highest BCUT2D eigenvalue weighted by molar-refractivity contribution is 5.09. The summed E-state index contributed by atoms with van der Waals surface area (Å²) < 4.78 is 13.4. The highest BCUT2D eigenvalue weighted by Crippen LogP contribution is 2.35. The predicted octanol–water partition coefficient (Wildman–Crippen LogP) is 0.0936. The Bertz CT molecular complexity index is 607. The normalized spacial score (nSPS) is 34.0. The number of imidazole rings is 1. The summed E-state index contributed by atoms with van der Waals surface area (Å²) in [5.74, 6) is 0. The number of pyridine rings is 1. The number of aromatic nitrogens is 3. The van der Waals surface area contributed by atoms with Crippen molar-refractivity contribution in [3.05, 3.63) is 48.8 Å². The van der Waals surface area contributed by atoms with Crippen molar-refractivity contribution >= 4 is 0 Å². The van der Waals surface area contributed by atoms with Crippen LogP contribution in [-0.4, -0.2) is 50.8 Å². The standard InChI is InChI=1S/C15H18N4O3/c20-14-12(18-7-10-2-1-3-16-6-10)11-8-21-15(22-11)13(14)19-5-4-17-9-19/h1-6,9,11-15,18,20H,7-8H2/t11-,12-,13-,14+,15-/m1/s1. The van der Waals surface area contributed by atoms with E-state index in [1.165, 1.54) is 0 Å². The van der Waals surface area contributed by atoms with Crippen LogP contribution in [0.3, 0.4) is 0 Å². The van der Waals surface area contributed by atoms with Gasteiger partial charge in [-0.25, -0.2) is 4.98 Å². The monoisotopic (exact) mass is 302 g/mol. The maximum Gasteiger partial charge on any atom is 0.181 e. The number of aliphatic hydroxyl groups is 1. The molecule has 2 aliphatic rings. The highest BCUT2D eigenvalue weighted by atomic mass is 16.7. The lowest BCUT2D eigenvalue weighted by Crippen LogP contribution is -2.57. The Morgan fingerprint density at radius 1 is 1.36 bits per heavy atom. The number of aliphatic hydroxyl groups excluding tert-OH is 1. The first-order chi connectivity index (χ1) is 10.8. The molecule has 116 valence electrons. The zero-order valence-corrected chi connectivity index (χ0v) is 11.9. The third-order valence-corrected chi connectivity index (χ3v) is 4.26. The molecular formula is C15H18N4O3. The van der Waals surface area contributed by atoms with E-state index in [4.69, 9.17) is 9.47 Å². The molecule has 4 rings (SSSR count). The quantitative estimate of drug-likeness (QED) is 0.833. The van der Waals surface area contributed by atoms with E-state index in [1.807, 2.05) is 29.1 Å². The van der Waals surface area contributed by atoms with Gasteiger partial charge < -0.3 is 24.5 Å². The number of nitrogens with one attached hydrogen (secondary N) is 1. The van der Waals surface area contributed by atoms with E-state index < -0.39 is 12.4 Å². The molecule has 2 bridgehead atoms. The fraction of sp³-hybridized carbons (Fsp3) is 0.467. The summed E-state index contributed by atoms with van der Waals surface area (Å²) in [6.45, 7) is 1.11. The van der Waals surface area contributed by atoms with E-state index >= 15 is 0 Å². The average molecular weight is 302 g/mol. The van der Waals surface area contributed by atoms with Gasteiger partial charge in [0.2, 0.25) is 0 Å². The summed E-state index contributed by atoms with van der Waals surface area (Å²) in [6, 6.07) is 3.39. The van der Waals surface area contributed by atoms with Crippen molar-refractivity contribution in [3.63, 3.8) is 0 Å². The van der Waals surface area contributed by atoms with Gasteiger partial charge in [-0.15, -0.1) is 0 Å². The topological polar surface area (TPSA) is 81.4 Å². The Hall–Kier alpha value is -1.80. The van der Waals surface area contributed by atoms with E-state index in [0.717, 1.165) is 5.56 Å². The number of hydrogen-bond acceptors (Lipinski definition) is 6. The lowest BCUT2D eigenvalue weighted by atomic mass is 9.95. The van der Waals surface area contributed by atoms with Crippen LogP contribution in [0.5, 0.6) is 0 Å². The van der Waals surface area contributed by atoms with Crippen molar-refractivity contribution in [1.29, 1.82) is 0 Å². The summed E-state index contributed by atoms with van der Waals surface area (Å²) >= 11 is 0. The fourth-order valence-electron chi connectivity index (χ4n) is 3.15. The van der Waals surface area contributed by atoms with Crippen LogP contribution < -0.4 is 5.32 Å². The maximum absolute atomic E-state index is 10.8. The largest absolute Gasteiger partial charge is 0.389 e. The molecule has 7 heteroatoms. The first-order valence-electron chi connectivity index (χ1n) is 7.38. The van der Waals surface area contributed by atoms with Crippen LogP contribution in [-0.2, 0) is 16.0 Å². The summed E-state index contributed by atoms with van der Waals surface area (Å²) in [6.07, 6.45) is 7.55. The van der Waals surface area contributed by atoms with E-state index in [0.29, 0.717) is 13.2 Å². The third-order valence-electron chi connectivity index (χ3n) is 4.26. The minimum Gasteiger partial charge on any atom is -0.389 e. The van der Waals surface area contributed by atoms with Crippen LogP contribution >= 0.6 is 0 Å². The van der Waals surface area contributed by atoms with Gasteiger partial charge >= 0.3 is 0 Å². The molecule has 2 aliphatic heterocycles. The minimum absolute atomic E-state index is 0.142. The maximum atomic E-state index is 10.8. The second-order valence-electron chi connectivity index (χ2n) is 5.64. The van der Waals surface area contributed by atoms with Gasteiger partial charge in [0, 0.05) is 31.3 Å². The molecule has 2 aromatic heterocycles. The molecule has 5 atom stereocenters. The van der Waals surface area contributed by atoms with Crippen LogP contribution in [0.2, 0.25) is 0 Å². The molecular weight excluding hydrogens is 284 g/mol. The SMILES string of the molecule is O[C@H]1[C@H](NCc2cccnc2)[C@H]2CO[C@H](O2)[C@@H]1n1ccnc1. The van der Waals surface area contributed by atoms with Gasteiger partial charge in [0.1, 0.15) is 12.1 Å². The predicted molar refractivity (Wildman–Crippen MR) is 76.7 cm³/mol. The minimum atomic E-state index is -0.614. The van der Waals surface area contributed by atoms with Gasteiger partial charge in [-0.1, -0.05) is 6.07 Å². The van der Waals surface area contributed by atoms with E-state index in [9.17, 15) is 5.11 Å². The zero-order valence-electron chi connectivity index (χ0n) is 11.9. The average Bonchev–Trinajstić information content (AvgIpc) is 3.20. The van der Waals surface area contributed by atoms with Crippen LogP contribution in [0, 0.1) is 0 Å².